The van der Waals surface area contributed by atoms with E-state index in [0.29, 0.717) is 59.1 Å². The van der Waals surface area contributed by atoms with Crippen LogP contribution in [0.15, 0.2) is 40.9 Å². The molecule has 1 N–H and O–H groups in total. The van der Waals surface area contributed by atoms with Gasteiger partial charge in [0.1, 0.15) is 0 Å². The molecule has 0 radical (unpaired) electrons. The predicted octanol–water partition coefficient (Wildman–Crippen LogP) is 5.09. The van der Waals surface area contributed by atoms with E-state index in [1.54, 1.807) is 23.0 Å². The number of aryl methyl sites for hydroxylation is 2. The summed E-state index contributed by atoms with van der Waals surface area (Å²) in [6.07, 6.45) is 5.41. The molecule has 1 aromatic carbocycles. The average Bonchev–Trinajstić information content (AvgIpc) is 3.58. The van der Waals surface area contributed by atoms with E-state index in [9.17, 15) is 9.00 Å². The molecular weight excluding hydrogens is 514 g/mol. The summed E-state index contributed by atoms with van der Waals surface area (Å²) in [4.78, 5) is 23.0. The maximum Gasteiger partial charge on any atom is 0.258 e. The van der Waals surface area contributed by atoms with Crippen molar-refractivity contribution in [2.75, 3.05) is 23.4 Å². The molecular formula is C28H33N7O3S. The van der Waals surface area contributed by atoms with Gasteiger partial charge in [0.05, 0.1) is 50.5 Å². The highest BCUT2D eigenvalue weighted by atomic mass is 32.2. The normalized spacial score (nSPS) is 19.4. The summed E-state index contributed by atoms with van der Waals surface area (Å²) in [6, 6.07) is 9.24. The average molecular weight is 548 g/mol. The first-order chi connectivity index (χ1) is 18.8. The number of carbonyl (C=O) groups is 1. The summed E-state index contributed by atoms with van der Waals surface area (Å²) in [7, 11) is -0.358. The number of rotatable bonds is 1. The van der Waals surface area contributed by atoms with Crippen LogP contribution in [-0.2, 0) is 23.3 Å². The van der Waals surface area contributed by atoms with E-state index in [0.717, 1.165) is 42.3 Å². The number of fused-ring (bicyclic) bond motifs is 7. The number of carbonyl (C=O) groups excluding carboxylic acids is 1. The van der Waals surface area contributed by atoms with Crippen LogP contribution in [0, 0.1) is 12.8 Å². The van der Waals surface area contributed by atoms with Gasteiger partial charge in [0.15, 0.2) is 0 Å². The molecule has 0 unspecified atom stereocenters. The lowest BCUT2D eigenvalue weighted by Crippen LogP contribution is -2.18. The number of ether oxygens (including phenoxy) is 1. The molecule has 5 heterocycles. The number of anilines is 1. The largest absolute Gasteiger partial charge is 0.477 e. The quantitative estimate of drug-likeness (QED) is 0.355. The molecule has 11 heteroatoms. The van der Waals surface area contributed by atoms with Crippen molar-refractivity contribution >= 4 is 38.3 Å². The van der Waals surface area contributed by atoms with Gasteiger partial charge in [0.2, 0.25) is 11.8 Å². The molecule has 3 aromatic heterocycles. The van der Waals surface area contributed by atoms with Gasteiger partial charge in [-0.15, -0.1) is 0 Å². The smallest absolute Gasteiger partial charge is 0.258 e. The zero-order valence-corrected chi connectivity index (χ0v) is 23.3. The Hall–Kier alpha value is -3.73. The van der Waals surface area contributed by atoms with Crippen LogP contribution >= 0.6 is 0 Å². The lowest BCUT2D eigenvalue weighted by atomic mass is 10.1. The Kier molecular flexibility index (Phi) is 6.62. The van der Waals surface area contributed by atoms with E-state index in [4.69, 9.17) is 9.72 Å². The Balaban J connectivity index is 1.44. The minimum absolute atomic E-state index is 0.272. The van der Waals surface area contributed by atoms with E-state index in [1.165, 1.54) is 0 Å². The summed E-state index contributed by atoms with van der Waals surface area (Å²) in [5.41, 5.74) is 4.89. The van der Waals surface area contributed by atoms with Gasteiger partial charge in [0, 0.05) is 36.4 Å². The van der Waals surface area contributed by atoms with Crippen molar-refractivity contribution in [3.8, 4) is 17.1 Å². The van der Waals surface area contributed by atoms with Gasteiger partial charge in [-0.1, -0.05) is 6.92 Å². The number of benzene rings is 1. The highest BCUT2D eigenvalue weighted by Gasteiger charge is 2.22. The number of amides is 1. The molecule has 1 fully saturated rings. The number of nitrogens with zero attached hydrogens (tertiary/aromatic N) is 6. The Morgan fingerprint density at radius 3 is 2.77 bits per heavy atom. The van der Waals surface area contributed by atoms with Crippen molar-refractivity contribution in [3.05, 3.63) is 47.8 Å². The molecule has 1 amide bonds. The Bertz CT molecular complexity index is 1680. The molecule has 6 rings (SSSR count). The number of aromatic nitrogens is 5. The first-order valence-electron chi connectivity index (χ1n) is 13.5. The summed E-state index contributed by atoms with van der Waals surface area (Å²) in [5.74, 6) is 2.43. The van der Waals surface area contributed by atoms with Crippen LogP contribution in [0.1, 0.15) is 48.7 Å². The molecule has 2 aliphatic heterocycles. The third-order valence-corrected chi connectivity index (χ3v) is 9.75. The van der Waals surface area contributed by atoms with Gasteiger partial charge in [-0.3, -0.25) is 15.1 Å². The number of hydrogen-bond donors (Lipinski definition) is 1. The van der Waals surface area contributed by atoms with Gasteiger partial charge < -0.3 is 9.30 Å². The predicted molar refractivity (Wildman–Crippen MR) is 152 cm³/mol. The minimum Gasteiger partial charge on any atom is -0.477 e. The number of hydrogen-bond acceptors (Lipinski definition) is 7. The molecule has 204 valence electrons. The second kappa shape index (κ2) is 10.1. The zero-order chi connectivity index (χ0) is 27.1. The lowest BCUT2D eigenvalue weighted by Gasteiger charge is -2.16. The standard InChI is InChI=1S/C28H33N7O3S/c1-18-7-6-10-38-27-22(16-29-34(27)3)24-14-20(13-19(2)30-24)26(36)32-28-31-23-9-8-21(15-25(23)35(28)17-18)33-39(37)11-4-5-12-39/h8-9,13-16,18H,4-7,10-12,17H2,1-3H3,(H,31,32,36)/t18-/m1/s1. The SMILES string of the molecule is Cc1cc2cc(n1)-c1cnn(C)c1OCCC[C@@H](C)Cn1c(nc3ccc(N=S4(=O)CCCC4)cc31)NC2=O. The molecule has 2 aliphatic rings. The number of pyridine rings is 1. The minimum atomic E-state index is -2.20. The second-order valence-corrected chi connectivity index (χ2v) is 13.2. The Labute approximate surface area is 228 Å². The van der Waals surface area contributed by atoms with Gasteiger partial charge in [-0.25, -0.2) is 13.9 Å². The number of nitrogens with one attached hydrogen (secondary N) is 1. The zero-order valence-electron chi connectivity index (χ0n) is 22.5. The topological polar surface area (TPSA) is 116 Å². The highest BCUT2D eigenvalue weighted by Crippen LogP contribution is 2.32. The van der Waals surface area contributed by atoms with Crippen molar-refractivity contribution in [1.29, 1.82) is 0 Å². The fraction of sp³-hybridized carbons (Fsp3) is 0.429. The maximum atomic E-state index is 13.5. The van der Waals surface area contributed by atoms with E-state index >= 15 is 0 Å². The molecule has 39 heavy (non-hydrogen) atoms. The van der Waals surface area contributed by atoms with Gasteiger partial charge in [-0.05, 0) is 68.9 Å². The Morgan fingerprint density at radius 2 is 1.95 bits per heavy atom. The molecule has 1 atom stereocenters. The van der Waals surface area contributed by atoms with Crippen LogP contribution in [0.3, 0.4) is 0 Å². The van der Waals surface area contributed by atoms with Gasteiger partial charge in [-0.2, -0.15) is 9.46 Å². The molecule has 0 spiro atoms. The summed E-state index contributed by atoms with van der Waals surface area (Å²) < 4.78 is 27.6. The van der Waals surface area contributed by atoms with E-state index in [1.807, 2.05) is 36.7 Å². The molecule has 4 aromatic rings. The third-order valence-electron chi connectivity index (χ3n) is 7.36. The van der Waals surface area contributed by atoms with Crippen LogP contribution < -0.4 is 10.1 Å². The van der Waals surface area contributed by atoms with Crippen LogP contribution in [0.2, 0.25) is 0 Å². The summed E-state index contributed by atoms with van der Waals surface area (Å²) in [5, 5.41) is 7.42. The van der Waals surface area contributed by atoms with Crippen LogP contribution in [-0.4, -0.2) is 52.5 Å². The van der Waals surface area contributed by atoms with Crippen molar-refractivity contribution < 1.29 is 13.7 Å². The first kappa shape index (κ1) is 25.5. The highest BCUT2D eigenvalue weighted by molar-refractivity contribution is 7.93. The maximum absolute atomic E-state index is 13.5. The third kappa shape index (κ3) is 5.15. The Morgan fingerprint density at radius 1 is 1.13 bits per heavy atom. The molecule has 1 saturated heterocycles. The fourth-order valence-corrected chi connectivity index (χ4v) is 7.57. The summed E-state index contributed by atoms with van der Waals surface area (Å²) in [6.45, 7) is 5.25. The molecule has 10 nitrogen and oxygen atoms in total. The first-order valence-corrected chi connectivity index (χ1v) is 15.3. The fourth-order valence-electron chi connectivity index (χ4n) is 5.38. The van der Waals surface area contributed by atoms with E-state index < -0.39 is 9.73 Å². The van der Waals surface area contributed by atoms with Crippen molar-refractivity contribution in [1.82, 2.24) is 24.3 Å². The molecule has 0 saturated carbocycles. The van der Waals surface area contributed by atoms with E-state index in [2.05, 4.69) is 26.7 Å². The van der Waals surface area contributed by atoms with Crippen molar-refractivity contribution in [3.63, 3.8) is 0 Å². The lowest BCUT2D eigenvalue weighted by molar-refractivity contribution is 0.102. The van der Waals surface area contributed by atoms with Crippen LogP contribution in [0.25, 0.3) is 22.3 Å². The molecule has 0 aliphatic carbocycles. The summed E-state index contributed by atoms with van der Waals surface area (Å²) >= 11 is 0. The van der Waals surface area contributed by atoms with E-state index in [-0.39, 0.29) is 11.8 Å². The van der Waals surface area contributed by atoms with Crippen LogP contribution in [0.4, 0.5) is 11.6 Å². The van der Waals surface area contributed by atoms with Gasteiger partial charge in [0.25, 0.3) is 5.91 Å². The van der Waals surface area contributed by atoms with Crippen molar-refractivity contribution in [2.24, 2.45) is 17.3 Å². The van der Waals surface area contributed by atoms with Crippen LogP contribution in [0.5, 0.6) is 5.88 Å². The van der Waals surface area contributed by atoms with Crippen molar-refractivity contribution in [2.45, 2.75) is 46.1 Å². The molecule has 2 bridgehead atoms. The number of imidazole rings is 1. The van der Waals surface area contributed by atoms with Gasteiger partial charge >= 0.3 is 0 Å². The second-order valence-electron chi connectivity index (χ2n) is 10.6. The monoisotopic (exact) mass is 547 g/mol.